The van der Waals surface area contributed by atoms with Gasteiger partial charge < -0.3 is 5.32 Å². The van der Waals surface area contributed by atoms with Crippen molar-refractivity contribution in [3.05, 3.63) is 28.5 Å². The Morgan fingerprint density at radius 3 is 2.69 bits per heavy atom. The second-order valence-electron chi connectivity index (χ2n) is 2.60. The van der Waals surface area contributed by atoms with Crippen LogP contribution in [0.15, 0.2) is 12.1 Å². The number of carbonyl (C=O) groups excluding carboxylic acids is 2. The molecule has 3 nitrogen and oxygen atoms in total. The lowest BCUT2D eigenvalue weighted by atomic mass is 10.1. The van der Waals surface area contributed by atoms with Crippen molar-refractivity contribution in [3.63, 3.8) is 0 Å². The van der Waals surface area contributed by atoms with Gasteiger partial charge in [0.15, 0.2) is 0 Å². The Kier molecular flexibility index (Phi) is 1.60. The van der Waals surface area contributed by atoms with Crippen LogP contribution in [0.4, 0.5) is 10.1 Å². The molecule has 0 unspecified atom stereocenters. The van der Waals surface area contributed by atoms with Gasteiger partial charge in [-0.15, -0.1) is 0 Å². The van der Waals surface area contributed by atoms with Gasteiger partial charge in [0, 0.05) is 0 Å². The standard InChI is InChI=1S/C8H3ClFNO2/c9-4-2-6-3(1-5(4)10)7(12)8(13)11-6/h1-2H,(H,11,12,13). The molecule has 0 aliphatic carbocycles. The molecule has 66 valence electrons. The Balaban J connectivity index is 2.66. The van der Waals surface area contributed by atoms with Gasteiger partial charge in [-0.3, -0.25) is 9.59 Å². The first-order chi connectivity index (χ1) is 6.09. The maximum Gasteiger partial charge on any atom is 0.296 e. The third-order valence-electron chi connectivity index (χ3n) is 1.76. The molecule has 13 heavy (non-hydrogen) atoms. The summed E-state index contributed by atoms with van der Waals surface area (Å²) < 4.78 is 12.9. The van der Waals surface area contributed by atoms with Crippen LogP contribution >= 0.6 is 11.6 Å². The van der Waals surface area contributed by atoms with E-state index in [1.165, 1.54) is 6.07 Å². The van der Waals surface area contributed by atoms with Crippen LogP contribution in [0.5, 0.6) is 0 Å². The number of halogens is 2. The molecule has 1 N–H and O–H groups in total. The summed E-state index contributed by atoms with van der Waals surface area (Å²) in [7, 11) is 0. The molecular formula is C8H3ClFNO2. The minimum absolute atomic E-state index is 0.0342. The van der Waals surface area contributed by atoms with Crippen LogP contribution in [0.2, 0.25) is 5.02 Å². The number of benzene rings is 1. The minimum Gasteiger partial charge on any atom is -0.318 e. The van der Waals surface area contributed by atoms with Crippen LogP contribution in [-0.2, 0) is 4.79 Å². The number of fused-ring (bicyclic) bond motifs is 1. The van der Waals surface area contributed by atoms with Gasteiger partial charge in [0.05, 0.1) is 16.3 Å². The van der Waals surface area contributed by atoms with E-state index in [2.05, 4.69) is 5.32 Å². The quantitative estimate of drug-likeness (QED) is 0.646. The fourth-order valence-corrected chi connectivity index (χ4v) is 1.30. The molecule has 0 saturated carbocycles. The molecule has 5 heteroatoms. The first-order valence-electron chi connectivity index (χ1n) is 3.44. The summed E-state index contributed by atoms with van der Waals surface area (Å²) in [5.74, 6) is -2.19. The predicted octanol–water partition coefficient (Wildman–Crippen LogP) is 1.61. The maximum absolute atomic E-state index is 12.9. The van der Waals surface area contributed by atoms with Crippen LogP contribution in [0.25, 0.3) is 0 Å². The topological polar surface area (TPSA) is 46.2 Å². The Morgan fingerprint density at radius 2 is 2.00 bits per heavy atom. The van der Waals surface area contributed by atoms with E-state index in [1.807, 2.05) is 0 Å². The monoisotopic (exact) mass is 199 g/mol. The SMILES string of the molecule is O=C1Nc2cc(Cl)c(F)cc2C1=O. The van der Waals surface area contributed by atoms with Crippen LogP contribution < -0.4 is 5.32 Å². The molecule has 0 aromatic heterocycles. The summed E-state index contributed by atoms with van der Waals surface area (Å²) in [5.41, 5.74) is 0.299. The van der Waals surface area contributed by atoms with E-state index in [0.29, 0.717) is 0 Å². The summed E-state index contributed by atoms with van der Waals surface area (Å²) in [6.45, 7) is 0. The lowest BCUT2D eigenvalue weighted by Gasteiger charge is -1.97. The molecule has 0 radical (unpaired) electrons. The Hall–Kier alpha value is -1.42. The van der Waals surface area contributed by atoms with Crippen LogP contribution in [0.1, 0.15) is 10.4 Å². The zero-order valence-electron chi connectivity index (χ0n) is 6.23. The first kappa shape index (κ1) is 8.19. The van der Waals surface area contributed by atoms with E-state index < -0.39 is 17.5 Å². The lowest BCUT2D eigenvalue weighted by Crippen LogP contribution is -2.12. The van der Waals surface area contributed by atoms with E-state index in [9.17, 15) is 14.0 Å². The van der Waals surface area contributed by atoms with Crippen LogP contribution in [-0.4, -0.2) is 11.7 Å². The van der Waals surface area contributed by atoms with Gasteiger partial charge in [-0.05, 0) is 12.1 Å². The highest BCUT2D eigenvalue weighted by Crippen LogP contribution is 2.28. The molecule has 0 saturated heterocycles. The minimum atomic E-state index is -0.753. The molecule has 1 aromatic rings. The lowest BCUT2D eigenvalue weighted by molar-refractivity contribution is -0.112. The normalized spacial score (nSPS) is 14.3. The van der Waals surface area contributed by atoms with Gasteiger partial charge in [0.2, 0.25) is 0 Å². The zero-order valence-corrected chi connectivity index (χ0v) is 6.98. The van der Waals surface area contributed by atoms with Gasteiger partial charge in [-0.25, -0.2) is 4.39 Å². The number of Topliss-reactive ketones (excluding diaryl/α,β-unsaturated/α-hetero) is 1. The Morgan fingerprint density at radius 1 is 1.31 bits per heavy atom. The molecule has 2 rings (SSSR count). The van der Waals surface area contributed by atoms with Crippen molar-refractivity contribution in [1.82, 2.24) is 0 Å². The van der Waals surface area contributed by atoms with Gasteiger partial charge in [0.25, 0.3) is 11.7 Å². The average molecular weight is 200 g/mol. The largest absolute Gasteiger partial charge is 0.318 e. The number of anilines is 1. The molecule has 1 amide bonds. The third kappa shape index (κ3) is 1.10. The fourth-order valence-electron chi connectivity index (χ4n) is 1.14. The fraction of sp³-hybridized carbons (Fsp3) is 0. The van der Waals surface area contributed by atoms with E-state index in [4.69, 9.17) is 11.6 Å². The van der Waals surface area contributed by atoms with Crippen LogP contribution in [0, 0.1) is 5.82 Å². The molecule has 1 aliphatic rings. The summed E-state index contributed by atoms with van der Waals surface area (Å²) in [5, 5.41) is 2.16. The molecule has 0 atom stereocenters. The van der Waals surface area contributed by atoms with E-state index >= 15 is 0 Å². The number of ketones is 1. The zero-order chi connectivity index (χ0) is 9.59. The molecule has 0 bridgehead atoms. The van der Waals surface area contributed by atoms with Gasteiger partial charge >= 0.3 is 0 Å². The number of carbonyl (C=O) groups is 2. The summed E-state index contributed by atoms with van der Waals surface area (Å²) in [6.07, 6.45) is 0. The van der Waals surface area contributed by atoms with E-state index in [1.54, 1.807) is 0 Å². The highest BCUT2D eigenvalue weighted by Gasteiger charge is 2.29. The van der Waals surface area contributed by atoms with Crippen molar-refractivity contribution < 1.29 is 14.0 Å². The van der Waals surface area contributed by atoms with E-state index in [-0.39, 0.29) is 16.3 Å². The van der Waals surface area contributed by atoms with Crippen molar-refractivity contribution >= 4 is 29.0 Å². The molecular weight excluding hydrogens is 197 g/mol. The highest BCUT2D eigenvalue weighted by atomic mass is 35.5. The highest BCUT2D eigenvalue weighted by molar-refractivity contribution is 6.52. The maximum atomic E-state index is 12.9. The average Bonchev–Trinajstić information content (AvgIpc) is 2.32. The number of hydrogen-bond acceptors (Lipinski definition) is 2. The summed E-state index contributed by atoms with van der Waals surface area (Å²) in [4.78, 5) is 21.9. The van der Waals surface area contributed by atoms with Crippen molar-refractivity contribution in [2.45, 2.75) is 0 Å². The number of rotatable bonds is 0. The van der Waals surface area contributed by atoms with Gasteiger partial charge in [0.1, 0.15) is 5.82 Å². The van der Waals surface area contributed by atoms with Crippen molar-refractivity contribution in [1.29, 1.82) is 0 Å². The summed E-state index contributed by atoms with van der Waals surface area (Å²) >= 11 is 5.45. The molecule has 0 fully saturated rings. The van der Waals surface area contributed by atoms with Crippen molar-refractivity contribution in [2.24, 2.45) is 0 Å². The Bertz CT molecular complexity index is 430. The van der Waals surface area contributed by atoms with E-state index in [0.717, 1.165) is 6.07 Å². The second-order valence-corrected chi connectivity index (χ2v) is 3.00. The molecule has 0 spiro atoms. The van der Waals surface area contributed by atoms with Gasteiger partial charge in [-0.2, -0.15) is 0 Å². The second kappa shape index (κ2) is 2.53. The number of hydrogen-bond donors (Lipinski definition) is 1. The first-order valence-corrected chi connectivity index (χ1v) is 3.82. The predicted molar refractivity (Wildman–Crippen MR) is 44.4 cm³/mol. The van der Waals surface area contributed by atoms with Crippen molar-refractivity contribution in [2.75, 3.05) is 5.32 Å². The summed E-state index contributed by atoms with van der Waals surface area (Å²) in [6, 6.07) is 2.17. The number of amides is 1. The molecule has 1 heterocycles. The molecule has 1 aromatic carbocycles. The molecule has 1 aliphatic heterocycles. The smallest absolute Gasteiger partial charge is 0.296 e. The third-order valence-corrected chi connectivity index (χ3v) is 2.05. The van der Waals surface area contributed by atoms with Crippen molar-refractivity contribution in [3.8, 4) is 0 Å². The van der Waals surface area contributed by atoms with Crippen LogP contribution in [0.3, 0.4) is 0 Å². The number of nitrogens with one attached hydrogen (secondary N) is 1. The van der Waals surface area contributed by atoms with Gasteiger partial charge in [-0.1, -0.05) is 11.6 Å². The Labute approximate surface area is 77.5 Å².